The highest BCUT2D eigenvalue weighted by Crippen LogP contribution is 2.27. The van der Waals surface area contributed by atoms with E-state index in [4.69, 9.17) is 0 Å². The molecule has 0 aliphatic carbocycles. The van der Waals surface area contributed by atoms with Gasteiger partial charge in [-0.2, -0.15) is 5.10 Å². The van der Waals surface area contributed by atoms with E-state index in [-0.39, 0.29) is 18.3 Å². The number of carbonyl (C=O) groups is 1. The number of hydrogen-bond acceptors (Lipinski definition) is 4. The average molecular weight is 412 g/mol. The summed E-state index contributed by atoms with van der Waals surface area (Å²) < 4.78 is 0. The van der Waals surface area contributed by atoms with Crippen LogP contribution in [0.25, 0.3) is 22.8 Å². The zero-order chi connectivity index (χ0) is 19.2. The van der Waals surface area contributed by atoms with E-state index in [1.165, 1.54) is 0 Å². The average Bonchev–Trinajstić information content (AvgIpc) is 3.24. The molecular weight excluding hydrogens is 386 g/mol. The molecule has 29 heavy (non-hydrogen) atoms. The lowest BCUT2D eigenvalue weighted by molar-refractivity contribution is -0.116. The minimum absolute atomic E-state index is 0. The van der Waals surface area contributed by atoms with Gasteiger partial charge in [0.15, 0.2) is 11.6 Å². The van der Waals surface area contributed by atoms with Crippen LogP contribution < -0.4 is 10.6 Å². The third-order valence-electron chi connectivity index (χ3n) is 5.21. The van der Waals surface area contributed by atoms with Gasteiger partial charge in [-0.05, 0) is 50.4 Å². The highest BCUT2D eigenvalue weighted by molar-refractivity contribution is 5.94. The number of nitrogens with one attached hydrogen (secondary N) is 3. The van der Waals surface area contributed by atoms with Crippen molar-refractivity contribution in [3.63, 3.8) is 0 Å². The Morgan fingerprint density at radius 3 is 2.55 bits per heavy atom. The summed E-state index contributed by atoms with van der Waals surface area (Å²) in [5, 5.41) is 13.7. The molecule has 7 heteroatoms. The second kappa shape index (κ2) is 10.2. The van der Waals surface area contributed by atoms with Crippen molar-refractivity contribution in [2.75, 3.05) is 18.4 Å². The predicted octanol–water partition coefficient (Wildman–Crippen LogP) is 4.28. The fraction of sp³-hybridized carbons (Fsp3) is 0.318. The number of amides is 1. The molecule has 0 radical (unpaired) electrons. The van der Waals surface area contributed by atoms with Crippen molar-refractivity contribution < 1.29 is 4.79 Å². The van der Waals surface area contributed by atoms with Crippen LogP contribution >= 0.6 is 12.4 Å². The molecule has 1 aliphatic heterocycles. The Kier molecular flexibility index (Phi) is 7.38. The molecule has 0 unspecified atom stereocenters. The van der Waals surface area contributed by atoms with E-state index in [2.05, 4.69) is 25.8 Å². The van der Waals surface area contributed by atoms with Crippen LogP contribution in [0.1, 0.15) is 25.7 Å². The standard InChI is InChI=1S/C22H25N5O.ClH/c28-20(11-10-16-12-14-23-15-13-16)24-19-9-5-4-8-18(19)22-25-21(26-27-22)17-6-2-1-3-7-17;/h1-9,16,23H,10-15H2,(H,24,28)(H,25,26,27);1H. The van der Waals surface area contributed by atoms with E-state index in [0.717, 1.165) is 49.2 Å². The zero-order valence-electron chi connectivity index (χ0n) is 16.2. The summed E-state index contributed by atoms with van der Waals surface area (Å²) in [5.74, 6) is 1.98. The van der Waals surface area contributed by atoms with Gasteiger partial charge in [0.1, 0.15) is 0 Å². The maximum absolute atomic E-state index is 12.5. The molecule has 0 bridgehead atoms. The van der Waals surface area contributed by atoms with Gasteiger partial charge in [-0.3, -0.25) is 9.89 Å². The minimum atomic E-state index is 0. The third-order valence-corrected chi connectivity index (χ3v) is 5.21. The van der Waals surface area contributed by atoms with E-state index in [0.29, 0.717) is 24.0 Å². The number of aromatic amines is 1. The maximum atomic E-state index is 12.5. The first-order valence-corrected chi connectivity index (χ1v) is 9.87. The Hall–Kier alpha value is -2.70. The highest BCUT2D eigenvalue weighted by Gasteiger charge is 2.16. The summed E-state index contributed by atoms with van der Waals surface area (Å²) >= 11 is 0. The second-order valence-corrected chi connectivity index (χ2v) is 7.20. The van der Waals surface area contributed by atoms with Crippen LogP contribution in [0.15, 0.2) is 54.6 Å². The topological polar surface area (TPSA) is 82.7 Å². The fourth-order valence-electron chi connectivity index (χ4n) is 3.62. The number of aromatic nitrogens is 3. The number of piperidine rings is 1. The van der Waals surface area contributed by atoms with E-state index in [9.17, 15) is 4.79 Å². The number of hydrogen-bond donors (Lipinski definition) is 3. The Morgan fingerprint density at radius 2 is 1.76 bits per heavy atom. The predicted molar refractivity (Wildman–Crippen MR) is 118 cm³/mol. The summed E-state index contributed by atoms with van der Waals surface area (Å²) in [4.78, 5) is 17.1. The summed E-state index contributed by atoms with van der Waals surface area (Å²) in [5.41, 5.74) is 2.55. The van der Waals surface area contributed by atoms with Gasteiger partial charge in [0.05, 0.1) is 5.69 Å². The molecule has 1 aliphatic rings. The molecule has 3 N–H and O–H groups in total. The molecule has 1 amide bonds. The van der Waals surface area contributed by atoms with Crippen LogP contribution in [0.3, 0.4) is 0 Å². The van der Waals surface area contributed by atoms with Crippen molar-refractivity contribution in [3.05, 3.63) is 54.6 Å². The van der Waals surface area contributed by atoms with Crippen molar-refractivity contribution in [1.29, 1.82) is 0 Å². The number of carbonyl (C=O) groups excluding carboxylic acids is 1. The highest BCUT2D eigenvalue weighted by atomic mass is 35.5. The molecule has 1 saturated heterocycles. The Morgan fingerprint density at radius 1 is 1.03 bits per heavy atom. The van der Waals surface area contributed by atoms with E-state index < -0.39 is 0 Å². The van der Waals surface area contributed by atoms with Gasteiger partial charge in [-0.1, -0.05) is 42.5 Å². The maximum Gasteiger partial charge on any atom is 0.224 e. The molecule has 4 rings (SSSR count). The molecular formula is C22H26ClN5O. The van der Waals surface area contributed by atoms with Crippen LogP contribution in [0.2, 0.25) is 0 Å². The van der Waals surface area contributed by atoms with Gasteiger partial charge < -0.3 is 10.6 Å². The number of benzene rings is 2. The smallest absolute Gasteiger partial charge is 0.224 e. The Labute approximate surface area is 176 Å². The molecule has 2 aromatic carbocycles. The first-order chi connectivity index (χ1) is 13.8. The van der Waals surface area contributed by atoms with E-state index >= 15 is 0 Å². The van der Waals surface area contributed by atoms with E-state index in [1.54, 1.807) is 0 Å². The van der Waals surface area contributed by atoms with Crippen LogP contribution in [0, 0.1) is 5.92 Å². The first-order valence-electron chi connectivity index (χ1n) is 9.87. The van der Waals surface area contributed by atoms with Gasteiger partial charge in [0.2, 0.25) is 5.91 Å². The summed E-state index contributed by atoms with van der Waals surface area (Å²) in [6.45, 7) is 2.12. The van der Waals surface area contributed by atoms with Crippen molar-refractivity contribution in [3.8, 4) is 22.8 Å². The van der Waals surface area contributed by atoms with Crippen LogP contribution in [0.5, 0.6) is 0 Å². The molecule has 0 saturated carbocycles. The lowest BCUT2D eigenvalue weighted by Gasteiger charge is -2.22. The number of rotatable bonds is 6. The molecule has 0 spiro atoms. The van der Waals surface area contributed by atoms with Crippen LogP contribution in [-0.4, -0.2) is 34.2 Å². The van der Waals surface area contributed by atoms with Crippen molar-refractivity contribution in [2.45, 2.75) is 25.7 Å². The van der Waals surface area contributed by atoms with Crippen molar-refractivity contribution >= 4 is 24.0 Å². The third kappa shape index (κ3) is 5.43. The Balaban J connectivity index is 0.00000240. The first kappa shape index (κ1) is 21.0. The second-order valence-electron chi connectivity index (χ2n) is 7.20. The molecule has 2 heterocycles. The molecule has 3 aromatic rings. The molecule has 1 fully saturated rings. The van der Waals surface area contributed by atoms with E-state index in [1.807, 2.05) is 54.6 Å². The van der Waals surface area contributed by atoms with Gasteiger partial charge in [0, 0.05) is 17.5 Å². The largest absolute Gasteiger partial charge is 0.325 e. The minimum Gasteiger partial charge on any atom is -0.325 e. The Bertz CT molecular complexity index is 922. The monoisotopic (exact) mass is 411 g/mol. The molecule has 152 valence electrons. The zero-order valence-corrected chi connectivity index (χ0v) is 17.0. The van der Waals surface area contributed by atoms with Crippen molar-refractivity contribution in [1.82, 2.24) is 20.5 Å². The van der Waals surface area contributed by atoms with Gasteiger partial charge in [-0.15, -0.1) is 12.4 Å². The lowest BCUT2D eigenvalue weighted by Crippen LogP contribution is -2.28. The van der Waals surface area contributed by atoms with Gasteiger partial charge in [-0.25, -0.2) is 4.98 Å². The van der Waals surface area contributed by atoms with Crippen LogP contribution in [0.4, 0.5) is 5.69 Å². The number of halogens is 1. The molecule has 6 nitrogen and oxygen atoms in total. The number of H-pyrrole nitrogens is 1. The van der Waals surface area contributed by atoms with Crippen molar-refractivity contribution in [2.24, 2.45) is 5.92 Å². The number of para-hydroxylation sites is 1. The van der Waals surface area contributed by atoms with Crippen LogP contribution in [-0.2, 0) is 4.79 Å². The summed E-state index contributed by atoms with van der Waals surface area (Å²) in [7, 11) is 0. The quantitative estimate of drug-likeness (QED) is 0.565. The normalized spacial score (nSPS) is 14.2. The molecule has 1 aromatic heterocycles. The van der Waals surface area contributed by atoms with Gasteiger partial charge in [0.25, 0.3) is 0 Å². The molecule has 0 atom stereocenters. The summed E-state index contributed by atoms with van der Waals surface area (Å²) in [6, 6.07) is 17.5. The SMILES string of the molecule is Cl.O=C(CCC1CCNCC1)Nc1ccccc1-c1nc(-c2ccccc2)n[nH]1. The summed E-state index contributed by atoms with van der Waals surface area (Å²) in [6.07, 6.45) is 3.80. The number of anilines is 1. The fourth-order valence-corrected chi connectivity index (χ4v) is 3.62. The number of nitrogens with zero attached hydrogens (tertiary/aromatic N) is 2. The van der Waals surface area contributed by atoms with Gasteiger partial charge >= 0.3 is 0 Å². The lowest BCUT2D eigenvalue weighted by atomic mass is 9.93.